The van der Waals surface area contributed by atoms with E-state index in [0.717, 1.165) is 82.0 Å². The van der Waals surface area contributed by atoms with Crippen molar-refractivity contribution in [2.75, 3.05) is 81.0 Å². The molecule has 1 aromatic rings. The summed E-state index contributed by atoms with van der Waals surface area (Å²) in [7, 11) is -3.96. The van der Waals surface area contributed by atoms with Crippen LogP contribution in [-0.4, -0.2) is 95.8 Å². The molecule has 3 saturated carbocycles. The van der Waals surface area contributed by atoms with Crippen LogP contribution in [0.25, 0.3) is 0 Å². The zero-order chi connectivity index (χ0) is 28.0. The highest BCUT2D eigenvalue weighted by Crippen LogP contribution is 2.44. The summed E-state index contributed by atoms with van der Waals surface area (Å²) >= 11 is 0. The van der Waals surface area contributed by atoms with Crippen LogP contribution in [0.5, 0.6) is 0 Å². The first-order valence-corrected chi connectivity index (χ1v) is 17.4. The second-order valence-corrected chi connectivity index (χ2v) is 14.5. The number of nitrogens with zero attached hydrogens (tertiary/aromatic N) is 4. The zero-order valence-corrected chi connectivity index (χ0v) is 24.9. The highest BCUT2D eigenvalue weighted by Gasteiger charge is 2.38. The fraction of sp³-hybridized carbons (Fsp3) is 0.857. The van der Waals surface area contributed by atoms with Crippen molar-refractivity contribution in [3.8, 4) is 0 Å². The van der Waals surface area contributed by atoms with Gasteiger partial charge in [-0.15, -0.1) is 0 Å². The Morgan fingerprint density at radius 2 is 1.70 bits per heavy atom. The van der Waals surface area contributed by atoms with E-state index in [0.29, 0.717) is 24.2 Å². The van der Waals surface area contributed by atoms with Gasteiger partial charge < -0.3 is 36.4 Å². The highest BCUT2D eigenvalue weighted by atomic mass is 31.2. The minimum Gasteiger partial charge on any atom is -0.383 e. The molecular formula is C28H51N8O3P. The second-order valence-electron chi connectivity index (χ2n) is 12.8. The molecule has 226 valence electrons. The van der Waals surface area contributed by atoms with Crippen molar-refractivity contribution in [2.24, 2.45) is 23.7 Å². The first-order chi connectivity index (χ1) is 19.3. The van der Waals surface area contributed by atoms with Gasteiger partial charge >= 0.3 is 7.60 Å². The minimum absolute atomic E-state index is 0.0986. The summed E-state index contributed by atoms with van der Waals surface area (Å²) in [4.78, 5) is 31.7. The molecule has 3 aliphatic carbocycles. The van der Waals surface area contributed by atoms with E-state index in [-0.39, 0.29) is 6.16 Å². The maximum atomic E-state index is 11.2. The van der Waals surface area contributed by atoms with E-state index in [1.54, 1.807) is 0 Å². The number of fused-ring (bicyclic) bond motifs is 2. The van der Waals surface area contributed by atoms with Crippen LogP contribution in [0.15, 0.2) is 6.07 Å². The van der Waals surface area contributed by atoms with Gasteiger partial charge in [-0.1, -0.05) is 6.42 Å². The summed E-state index contributed by atoms with van der Waals surface area (Å²) in [5.74, 6) is 5.25. The standard InChI is InChI=1S/C28H51N8O3P/c29-26-18-27(36-12-10-35(11-13-36)14-15-40(37,38)39)34-28(33-26)32-20-22-4-2-21(3-5-22)19-30-8-1-9-31-25-17-23-6-7-24(25)16-23/h18,21-25,30-31H,1-17,19-20H2,(H2,37,38,39)(H3,29,32,33,34). The molecule has 0 aromatic carbocycles. The summed E-state index contributed by atoms with van der Waals surface area (Å²) in [6.45, 7) is 7.66. The number of nitrogen functional groups attached to an aromatic ring is 1. The van der Waals surface area contributed by atoms with Gasteiger partial charge in [0.25, 0.3) is 0 Å². The third-order valence-electron chi connectivity index (χ3n) is 9.76. The van der Waals surface area contributed by atoms with Crippen LogP contribution in [0.2, 0.25) is 0 Å². The molecule has 2 heterocycles. The van der Waals surface area contributed by atoms with Gasteiger partial charge in [0.2, 0.25) is 5.95 Å². The number of rotatable bonds is 14. The van der Waals surface area contributed by atoms with Crippen LogP contribution in [0.3, 0.4) is 0 Å². The normalized spacial score (nSPS) is 29.2. The van der Waals surface area contributed by atoms with Crippen LogP contribution in [0, 0.1) is 23.7 Å². The maximum Gasteiger partial charge on any atom is 0.326 e. The van der Waals surface area contributed by atoms with E-state index >= 15 is 0 Å². The summed E-state index contributed by atoms with van der Waals surface area (Å²) < 4.78 is 11.2. The van der Waals surface area contributed by atoms with Crippen LogP contribution >= 0.6 is 7.60 Å². The Balaban J connectivity index is 0.943. The van der Waals surface area contributed by atoms with E-state index < -0.39 is 7.60 Å². The average Bonchev–Trinajstić information content (AvgIpc) is 3.57. The monoisotopic (exact) mass is 578 g/mol. The lowest BCUT2D eigenvalue weighted by Gasteiger charge is -2.35. The third-order valence-corrected chi connectivity index (χ3v) is 10.5. The van der Waals surface area contributed by atoms with Crippen molar-refractivity contribution in [3.63, 3.8) is 0 Å². The predicted octanol–water partition coefficient (Wildman–Crippen LogP) is 2.33. The van der Waals surface area contributed by atoms with Crippen LogP contribution in [0.4, 0.5) is 17.6 Å². The number of piperazine rings is 1. The second kappa shape index (κ2) is 14.1. The number of hydrogen-bond acceptors (Lipinski definition) is 9. The van der Waals surface area contributed by atoms with Gasteiger partial charge in [-0.25, -0.2) is 0 Å². The van der Waals surface area contributed by atoms with Crippen molar-refractivity contribution in [1.82, 2.24) is 25.5 Å². The third kappa shape index (κ3) is 9.00. The quantitative estimate of drug-likeness (QED) is 0.143. The Labute approximate surface area is 239 Å². The summed E-state index contributed by atoms with van der Waals surface area (Å²) in [6.07, 6.45) is 12.0. The van der Waals surface area contributed by atoms with E-state index in [1.807, 2.05) is 6.07 Å². The lowest BCUT2D eigenvalue weighted by atomic mass is 9.82. The molecule has 0 amide bonds. The molecule has 3 atom stereocenters. The zero-order valence-electron chi connectivity index (χ0n) is 24.0. The first kappa shape index (κ1) is 30.0. The fourth-order valence-corrected chi connectivity index (χ4v) is 7.89. The summed E-state index contributed by atoms with van der Waals surface area (Å²) in [6, 6.07) is 2.61. The van der Waals surface area contributed by atoms with Gasteiger partial charge in [0.15, 0.2) is 0 Å². The Kier molecular flexibility index (Phi) is 10.6. The molecule has 12 heteroatoms. The molecule has 4 aliphatic rings. The van der Waals surface area contributed by atoms with E-state index in [2.05, 4.69) is 30.7 Å². The van der Waals surface area contributed by atoms with Gasteiger partial charge in [0.05, 0.1) is 6.16 Å². The first-order valence-electron chi connectivity index (χ1n) is 15.6. The number of aromatic nitrogens is 2. The minimum atomic E-state index is -3.96. The van der Waals surface area contributed by atoms with Crippen molar-refractivity contribution in [1.29, 1.82) is 0 Å². The molecule has 1 saturated heterocycles. The predicted molar refractivity (Wildman–Crippen MR) is 161 cm³/mol. The summed E-state index contributed by atoms with van der Waals surface area (Å²) in [5.41, 5.74) is 6.11. The molecule has 11 nitrogen and oxygen atoms in total. The molecule has 7 N–H and O–H groups in total. The Morgan fingerprint density at radius 3 is 2.38 bits per heavy atom. The maximum absolute atomic E-state index is 11.2. The molecule has 1 aromatic heterocycles. The van der Waals surface area contributed by atoms with Crippen molar-refractivity contribution in [3.05, 3.63) is 6.07 Å². The number of nitrogens with one attached hydrogen (secondary N) is 3. The molecule has 40 heavy (non-hydrogen) atoms. The fourth-order valence-electron chi connectivity index (χ4n) is 7.34. The van der Waals surface area contributed by atoms with Gasteiger partial charge in [0, 0.05) is 51.4 Å². The molecule has 5 rings (SSSR count). The molecule has 0 spiro atoms. The van der Waals surface area contributed by atoms with Gasteiger partial charge in [-0.2, -0.15) is 9.97 Å². The lowest BCUT2D eigenvalue weighted by Crippen LogP contribution is -2.47. The Morgan fingerprint density at radius 1 is 0.950 bits per heavy atom. The molecule has 3 unspecified atom stereocenters. The highest BCUT2D eigenvalue weighted by molar-refractivity contribution is 7.51. The van der Waals surface area contributed by atoms with Crippen molar-refractivity contribution in [2.45, 2.75) is 63.8 Å². The van der Waals surface area contributed by atoms with Crippen molar-refractivity contribution >= 4 is 25.2 Å². The summed E-state index contributed by atoms with van der Waals surface area (Å²) in [5, 5.41) is 11.0. The van der Waals surface area contributed by atoms with Gasteiger partial charge in [-0.05, 0) is 94.7 Å². The SMILES string of the molecule is Nc1cc(N2CCN(CCP(=O)(O)O)CC2)nc(NCC2CCC(CNCCCNC3CC4CCC3C4)CC2)n1. The number of anilines is 3. The number of nitrogens with two attached hydrogens (primary N) is 1. The average molecular weight is 579 g/mol. The smallest absolute Gasteiger partial charge is 0.326 e. The topological polar surface area (TPSA) is 152 Å². The van der Waals surface area contributed by atoms with Crippen molar-refractivity contribution < 1.29 is 14.4 Å². The van der Waals surface area contributed by atoms with E-state index in [9.17, 15) is 4.57 Å². The molecule has 1 aliphatic heterocycles. The number of hydrogen-bond donors (Lipinski definition) is 6. The van der Waals surface area contributed by atoms with E-state index in [1.165, 1.54) is 57.8 Å². The lowest BCUT2D eigenvalue weighted by molar-refractivity contribution is 0.263. The largest absolute Gasteiger partial charge is 0.383 e. The van der Waals surface area contributed by atoms with Gasteiger partial charge in [0.1, 0.15) is 11.6 Å². The van der Waals surface area contributed by atoms with E-state index in [4.69, 9.17) is 20.5 Å². The molecule has 0 radical (unpaired) electrons. The molecular weight excluding hydrogens is 527 g/mol. The van der Waals surface area contributed by atoms with Gasteiger partial charge in [-0.3, -0.25) is 9.46 Å². The molecule has 2 bridgehead atoms. The Hall–Kier alpha value is -1.49. The van der Waals surface area contributed by atoms with Crippen LogP contribution in [-0.2, 0) is 4.57 Å². The Bertz CT molecular complexity index is 980. The molecule has 4 fully saturated rings. The van der Waals surface area contributed by atoms with Crippen LogP contribution < -0.4 is 26.6 Å². The van der Waals surface area contributed by atoms with Crippen LogP contribution in [0.1, 0.15) is 57.8 Å².